The number of alkyl halides is 3. The van der Waals surface area contributed by atoms with E-state index in [1.807, 2.05) is 6.08 Å². The number of allylic oxidation sites excluding steroid dienone is 2. The van der Waals surface area contributed by atoms with Crippen LogP contribution in [0.25, 0.3) is 11.3 Å². The number of hydrogen-bond acceptors (Lipinski definition) is 3. The van der Waals surface area contributed by atoms with Crippen LogP contribution >= 0.6 is 0 Å². The van der Waals surface area contributed by atoms with Gasteiger partial charge in [0.15, 0.2) is 6.67 Å². The lowest BCUT2D eigenvalue weighted by Gasteiger charge is -2.14. The van der Waals surface area contributed by atoms with Gasteiger partial charge in [0.1, 0.15) is 5.69 Å². The molecule has 0 aliphatic heterocycles. The molecule has 1 aliphatic carbocycles. The summed E-state index contributed by atoms with van der Waals surface area (Å²) in [5.41, 5.74) is 1.05. The largest absolute Gasteiger partial charge is 0.319 e. The van der Waals surface area contributed by atoms with Crippen molar-refractivity contribution in [3.63, 3.8) is 0 Å². The average Bonchev–Trinajstić information content (AvgIpc) is 3.08. The van der Waals surface area contributed by atoms with Crippen molar-refractivity contribution in [1.82, 2.24) is 9.78 Å². The lowest BCUT2D eigenvalue weighted by molar-refractivity contribution is -0.0324. The maximum atomic E-state index is 13.8. The zero-order valence-electron chi connectivity index (χ0n) is 13.8. The summed E-state index contributed by atoms with van der Waals surface area (Å²) >= 11 is 0. The van der Waals surface area contributed by atoms with E-state index in [-0.39, 0.29) is 4.90 Å². The van der Waals surface area contributed by atoms with Crippen molar-refractivity contribution in [2.75, 3.05) is 6.67 Å². The first-order chi connectivity index (χ1) is 12.2. The number of halogens is 3. The highest BCUT2D eigenvalue weighted by atomic mass is 32.2. The molecule has 0 saturated heterocycles. The minimum atomic E-state index is -3.86. The monoisotopic (exact) mass is 385 g/mol. The Bertz CT molecular complexity index is 935. The highest BCUT2D eigenvalue weighted by Gasteiger charge is 2.36. The van der Waals surface area contributed by atoms with Crippen LogP contribution < -0.4 is 5.14 Å². The fourth-order valence-corrected chi connectivity index (χ4v) is 3.42. The minimum Gasteiger partial charge on any atom is -0.244 e. The second-order valence-electron chi connectivity index (χ2n) is 6.18. The van der Waals surface area contributed by atoms with Crippen molar-refractivity contribution in [2.24, 2.45) is 5.14 Å². The molecular weight excluding hydrogens is 367 g/mol. The molecule has 9 heteroatoms. The van der Waals surface area contributed by atoms with Gasteiger partial charge in [-0.2, -0.15) is 13.9 Å². The second-order valence-corrected chi connectivity index (χ2v) is 7.74. The Kier molecular flexibility index (Phi) is 4.94. The van der Waals surface area contributed by atoms with E-state index in [1.165, 1.54) is 35.0 Å². The molecule has 0 unspecified atom stereocenters. The molecule has 26 heavy (non-hydrogen) atoms. The normalized spacial score (nSPS) is 15.8. The molecule has 0 fully saturated rings. The molecule has 1 aromatic heterocycles. The summed E-state index contributed by atoms with van der Waals surface area (Å²) in [6, 6.07) is 6.61. The summed E-state index contributed by atoms with van der Waals surface area (Å²) in [7, 11) is -3.86. The van der Waals surface area contributed by atoms with Crippen LogP contribution in [0.3, 0.4) is 0 Å². The van der Waals surface area contributed by atoms with Crippen molar-refractivity contribution < 1.29 is 21.6 Å². The first-order valence-electron chi connectivity index (χ1n) is 8.09. The van der Waals surface area contributed by atoms with Gasteiger partial charge in [-0.3, -0.25) is 0 Å². The van der Waals surface area contributed by atoms with Gasteiger partial charge >= 0.3 is 5.92 Å². The molecule has 0 saturated carbocycles. The quantitative estimate of drug-likeness (QED) is 0.855. The van der Waals surface area contributed by atoms with Gasteiger partial charge in [-0.1, -0.05) is 6.08 Å². The zero-order chi connectivity index (χ0) is 18.9. The maximum absolute atomic E-state index is 13.8. The van der Waals surface area contributed by atoms with E-state index in [0.717, 1.165) is 24.8 Å². The number of nitrogens with zero attached hydrogens (tertiary/aromatic N) is 2. The number of benzene rings is 1. The number of aromatic nitrogens is 2. The van der Waals surface area contributed by atoms with Crippen LogP contribution in [0.15, 0.2) is 41.3 Å². The summed E-state index contributed by atoms with van der Waals surface area (Å²) in [4.78, 5) is -0.0962. The van der Waals surface area contributed by atoms with Gasteiger partial charge in [-0.15, -0.1) is 0 Å². The molecule has 2 aromatic rings. The predicted octanol–water partition coefficient (Wildman–Crippen LogP) is 3.54. The van der Waals surface area contributed by atoms with Gasteiger partial charge in [0.2, 0.25) is 10.0 Å². The molecule has 5 nitrogen and oxygen atoms in total. The summed E-state index contributed by atoms with van der Waals surface area (Å²) in [6.07, 6.45) is 5.46. The Labute approximate surface area is 149 Å². The number of sulfonamides is 1. The molecule has 2 N–H and O–H groups in total. The number of rotatable bonds is 5. The van der Waals surface area contributed by atoms with Crippen molar-refractivity contribution in [1.29, 1.82) is 0 Å². The van der Waals surface area contributed by atoms with E-state index >= 15 is 0 Å². The van der Waals surface area contributed by atoms with Crippen LogP contribution in [-0.2, 0) is 15.9 Å². The van der Waals surface area contributed by atoms with Crippen LogP contribution in [0.4, 0.5) is 13.2 Å². The van der Waals surface area contributed by atoms with E-state index in [9.17, 15) is 21.6 Å². The Balaban J connectivity index is 2.11. The van der Waals surface area contributed by atoms with Crippen molar-refractivity contribution in [2.45, 2.75) is 36.5 Å². The van der Waals surface area contributed by atoms with Crippen LogP contribution in [0.5, 0.6) is 0 Å². The van der Waals surface area contributed by atoms with E-state index in [2.05, 4.69) is 5.10 Å². The van der Waals surface area contributed by atoms with Gasteiger partial charge in [-0.05, 0) is 61.6 Å². The van der Waals surface area contributed by atoms with Gasteiger partial charge in [0.05, 0.1) is 16.3 Å². The molecule has 0 bridgehead atoms. The summed E-state index contributed by atoms with van der Waals surface area (Å²) in [6.45, 7) is -1.84. The fraction of sp³-hybridized carbons (Fsp3) is 0.353. The zero-order valence-corrected chi connectivity index (χ0v) is 14.6. The first-order valence-corrected chi connectivity index (χ1v) is 9.64. The van der Waals surface area contributed by atoms with E-state index < -0.39 is 28.3 Å². The molecule has 1 aliphatic rings. The van der Waals surface area contributed by atoms with Crippen LogP contribution in [0.2, 0.25) is 0 Å². The van der Waals surface area contributed by atoms with Gasteiger partial charge in [0, 0.05) is 0 Å². The molecule has 140 valence electrons. The summed E-state index contributed by atoms with van der Waals surface area (Å²) in [5, 5.41) is 8.97. The molecule has 0 amide bonds. The highest BCUT2D eigenvalue weighted by Crippen LogP contribution is 2.34. The van der Waals surface area contributed by atoms with Gasteiger partial charge in [-0.25, -0.2) is 22.6 Å². The lowest BCUT2D eigenvalue weighted by Crippen LogP contribution is -2.17. The Morgan fingerprint density at radius 3 is 2.42 bits per heavy atom. The fourth-order valence-electron chi connectivity index (χ4n) is 2.90. The van der Waals surface area contributed by atoms with Crippen LogP contribution in [-0.4, -0.2) is 24.9 Å². The van der Waals surface area contributed by atoms with Crippen LogP contribution in [0.1, 0.15) is 37.1 Å². The van der Waals surface area contributed by atoms with Gasteiger partial charge < -0.3 is 0 Å². The molecular formula is C17H18F3N3O2S. The van der Waals surface area contributed by atoms with E-state index in [0.29, 0.717) is 17.8 Å². The minimum absolute atomic E-state index is 0.0962. The maximum Gasteiger partial charge on any atom is 0.319 e. The summed E-state index contributed by atoms with van der Waals surface area (Å²) < 4.78 is 64.4. The molecule has 1 heterocycles. The Hall–Kier alpha value is -2.13. The SMILES string of the molecule is NS(=O)(=O)c1ccc(-n2nc(C(F)(F)CF)cc2C2=CCCCC2)cc1. The highest BCUT2D eigenvalue weighted by molar-refractivity contribution is 7.89. The number of primary sulfonamides is 1. The van der Waals surface area contributed by atoms with E-state index in [1.54, 1.807) is 0 Å². The molecule has 0 radical (unpaired) electrons. The molecule has 0 spiro atoms. The average molecular weight is 385 g/mol. The lowest BCUT2D eigenvalue weighted by atomic mass is 9.96. The molecule has 1 aromatic carbocycles. The third kappa shape index (κ3) is 3.68. The van der Waals surface area contributed by atoms with Crippen molar-refractivity contribution in [3.8, 4) is 5.69 Å². The number of hydrogen-bond donors (Lipinski definition) is 1. The smallest absolute Gasteiger partial charge is 0.244 e. The third-order valence-corrected chi connectivity index (χ3v) is 5.21. The standard InChI is InChI=1S/C17H18F3N3O2S/c18-11-17(19,20)16-10-15(12-4-2-1-3-5-12)23(22-16)13-6-8-14(9-7-13)26(21,24)25/h4,6-10H,1-3,5,11H2,(H2,21,24,25). The summed E-state index contributed by atoms with van der Waals surface area (Å²) in [5.74, 6) is -3.68. The van der Waals surface area contributed by atoms with Crippen molar-refractivity contribution in [3.05, 3.63) is 47.8 Å². The Morgan fingerprint density at radius 2 is 1.88 bits per heavy atom. The molecule has 3 rings (SSSR count). The van der Waals surface area contributed by atoms with Gasteiger partial charge in [0.25, 0.3) is 0 Å². The molecule has 0 atom stereocenters. The van der Waals surface area contributed by atoms with Crippen molar-refractivity contribution >= 4 is 15.6 Å². The third-order valence-electron chi connectivity index (χ3n) is 4.28. The second kappa shape index (κ2) is 6.88. The predicted molar refractivity (Wildman–Crippen MR) is 91.3 cm³/mol. The van der Waals surface area contributed by atoms with Crippen LogP contribution in [0, 0.1) is 0 Å². The number of nitrogens with two attached hydrogens (primary N) is 1. The van der Waals surface area contributed by atoms with E-state index in [4.69, 9.17) is 5.14 Å². The topological polar surface area (TPSA) is 78.0 Å². The first kappa shape index (κ1) is 18.7. The Morgan fingerprint density at radius 1 is 1.19 bits per heavy atom.